The van der Waals surface area contributed by atoms with Gasteiger partial charge in [0.25, 0.3) is 0 Å². The summed E-state index contributed by atoms with van der Waals surface area (Å²) < 4.78 is 5.65. The van der Waals surface area contributed by atoms with Gasteiger partial charge in [-0.05, 0) is 12.1 Å². The number of ether oxygens (including phenoxy) is 1. The van der Waals surface area contributed by atoms with Crippen molar-refractivity contribution < 1.29 is 14.6 Å². The van der Waals surface area contributed by atoms with E-state index >= 15 is 0 Å². The Hall–Kier alpha value is -2.12. The zero-order valence-corrected chi connectivity index (χ0v) is 13.5. The quantitative estimate of drug-likeness (QED) is 0.873. The van der Waals surface area contributed by atoms with Crippen molar-refractivity contribution in [3.05, 3.63) is 41.4 Å². The first-order chi connectivity index (χ1) is 11.2. The molecule has 3 rings (SSSR count). The molecule has 0 saturated carbocycles. The molecule has 1 aromatic heterocycles. The molecule has 6 nitrogen and oxygen atoms in total. The van der Waals surface area contributed by atoms with Crippen LogP contribution in [-0.2, 0) is 0 Å². The fourth-order valence-electron chi connectivity index (χ4n) is 2.59. The molecule has 1 saturated heterocycles. The molecule has 1 fully saturated rings. The van der Waals surface area contributed by atoms with Crippen LogP contribution in [0.15, 0.2) is 35.8 Å². The van der Waals surface area contributed by atoms with E-state index in [1.165, 1.54) is 0 Å². The van der Waals surface area contributed by atoms with Gasteiger partial charge in [0.05, 0.1) is 0 Å². The molecule has 0 atom stereocenters. The van der Waals surface area contributed by atoms with Gasteiger partial charge in [-0.2, -0.15) is 0 Å². The number of aromatic nitrogens is 1. The predicted octanol–water partition coefficient (Wildman–Crippen LogP) is 2.04. The topological polar surface area (TPSA) is 65.9 Å². The minimum Gasteiger partial charge on any atom is -0.491 e. The number of hydrogen-bond donors (Lipinski definition) is 1. The van der Waals surface area contributed by atoms with Gasteiger partial charge in [-0.25, -0.2) is 9.78 Å². The number of carboxylic acids is 1. The lowest BCUT2D eigenvalue weighted by Gasteiger charge is -2.34. The number of carbonyl (C=O) groups is 1. The highest BCUT2D eigenvalue weighted by molar-refractivity contribution is 7.13. The number of carboxylic acid groups (broad SMARTS) is 1. The third kappa shape index (κ3) is 4.00. The molecule has 122 valence electrons. The van der Waals surface area contributed by atoms with E-state index in [0.717, 1.165) is 37.9 Å². The lowest BCUT2D eigenvalue weighted by atomic mass is 10.2. The van der Waals surface area contributed by atoms with Gasteiger partial charge in [0.2, 0.25) is 0 Å². The molecule has 0 unspecified atom stereocenters. The Kier molecular flexibility index (Phi) is 5.09. The van der Waals surface area contributed by atoms with Crippen LogP contribution < -0.4 is 9.64 Å². The van der Waals surface area contributed by atoms with Crippen molar-refractivity contribution >= 4 is 22.4 Å². The summed E-state index contributed by atoms with van der Waals surface area (Å²) in [5.74, 6) is -0.529. The molecule has 1 aromatic carbocycles. The summed E-state index contributed by atoms with van der Waals surface area (Å²) in [6.45, 7) is 5.12. The number of anilines is 1. The number of para-hydroxylation sites is 1. The normalized spacial score (nSPS) is 15.6. The Morgan fingerprint density at radius 3 is 2.74 bits per heavy atom. The third-order valence-corrected chi connectivity index (χ3v) is 4.68. The monoisotopic (exact) mass is 333 g/mol. The van der Waals surface area contributed by atoms with Crippen LogP contribution in [0.4, 0.5) is 5.13 Å². The van der Waals surface area contributed by atoms with Crippen LogP contribution in [0.2, 0.25) is 0 Å². The fraction of sp³-hybridized carbons (Fsp3) is 0.375. The number of nitrogens with zero attached hydrogens (tertiary/aromatic N) is 3. The molecule has 1 aliphatic heterocycles. The minimum absolute atomic E-state index is 0.209. The highest BCUT2D eigenvalue weighted by atomic mass is 32.1. The van der Waals surface area contributed by atoms with Crippen LogP contribution in [0, 0.1) is 0 Å². The van der Waals surface area contributed by atoms with Crippen LogP contribution in [0.25, 0.3) is 0 Å². The summed E-state index contributed by atoms with van der Waals surface area (Å²) in [4.78, 5) is 20.1. The number of rotatable bonds is 6. The Bertz CT molecular complexity index is 640. The molecule has 0 aliphatic carbocycles. The van der Waals surface area contributed by atoms with Gasteiger partial charge in [-0.1, -0.05) is 12.1 Å². The smallest absolute Gasteiger partial charge is 0.339 e. The van der Waals surface area contributed by atoms with Crippen LogP contribution in [0.3, 0.4) is 0 Å². The first-order valence-corrected chi connectivity index (χ1v) is 8.44. The van der Waals surface area contributed by atoms with E-state index < -0.39 is 5.97 Å². The first kappa shape index (κ1) is 15.8. The summed E-state index contributed by atoms with van der Waals surface area (Å²) in [6.07, 6.45) is 1.83. The standard InChI is InChI=1S/C16H19N3O3S/c20-15(21)13-3-1-2-4-14(13)22-11-10-18-6-8-19(9-7-18)16-17-5-12-23-16/h1-5,12H,6-11H2,(H,20,21). The van der Waals surface area contributed by atoms with E-state index in [9.17, 15) is 4.79 Å². The third-order valence-electron chi connectivity index (χ3n) is 3.84. The summed E-state index contributed by atoms with van der Waals surface area (Å²) in [5, 5.41) is 12.2. The first-order valence-electron chi connectivity index (χ1n) is 7.56. The van der Waals surface area contributed by atoms with Crippen molar-refractivity contribution in [3.8, 4) is 5.75 Å². The van der Waals surface area contributed by atoms with Gasteiger partial charge in [0, 0.05) is 44.3 Å². The van der Waals surface area contributed by atoms with Gasteiger partial charge < -0.3 is 14.7 Å². The molecule has 2 aromatic rings. The van der Waals surface area contributed by atoms with Crippen LogP contribution in [0.1, 0.15) is 10.4 Å². The van der Waals surface area contributed by atoms with E-state index in [2.05, 4.69) is 14.8 Å². The average Bonchev–Trinajstić information content (AvgIpc) is 3.10. The van der Waals surface area contributed by atoms with Gasteiger partial charge in [-0.3, -0.25) is 4.90 Å². The van der Waals surface area contributed by atoms with E-state index in [1.54, 1.807) is 35.6 Å². The summed E-state index contributed by atoms with van der Waals surface area (Å²) in [6, 6.07) is 6.75. The van der Waals surface area contributed by atoms with Crippen LogP contribution in [-0.4, -0.2) is 60.3 Å². The van der Waals surface area contributed by atoms with Gasteiger partial charge in [0.15, 0.2) is 5.13 Å². The van der Waals surface area contributed by atoms with E-state index in [-0.39, 0.29) is 5.56 Å². The molecule has 1 N–H and O–H groups in total. The second-order valence-electron chi connectivity index (χ2n) is 5.29. The van der Waals surface area contributed by atoms with Crippen molar-refractivity contribution in [3.63, 3.8) is 0 Å². The number of hydrogen-bond acceptors (Lipinski definition) is 6. The Labute approximate surface area is 138 Å². The summed E-state index contributed by atoms with van der Waals surface area (Å²) in [7, 11) is 0. The number of benzene rings is 1. The number of aromatic carboxylic acids is 1. The predicted molar refractivity (Wildman–Crippen MR) is 89.7 cm³/mol. The Balaban J connectivity index is 1.45. The minimum atomic E-state index is -0.960. The van der Waals surface area contributed by atoms with Gasteiger partial charge in [-0.15, -0.1) is 11.3 Å². The highest BCUT2D eigenvalue weighted by Crippen LogP contribution is 2.19. The Morgan fingerprint density at radius 2 is 2.04 bits per heavy atom. The SMILES string of the molecule is O=C(O)c1ccccc1OCCN1CCN(c2nccs2)CC1. The average molecular weight is 333 g/mol. The maximum Gasteiger partial charge on any atom is 0.339 e. The number of piperazine rings is 1. The fourth-order valence-corrected chi connectivity index (χ4v) is 3.29. The largest absolute Gasteiger partial charge is 0.491 e. The van der Waals surface area contributed by atoms with Crippen molar-refractivity contribution in [2.24, 2.45) is 0 Å². The second-order valence-corrected chi connectivity index (χ2v) is 6.17. The van der Waals surface area contributed by atoms with Crippen LogP contribution >= 0.6 is 11.3 Å². The molecule has 1 aliphatic rings. The van der Waals surface area contributed by atoms with Crippen molar-refractivity contribution in [2.75, 3.05) is 44.2 Å². The zero-order valence-electron chi connectivity index (χ0n) is 12.7. The summed E-state index contributed by atoms with van der Waals surface area (Å²) in [5.41, 5.74) is 0.209. The molecule has 0 bridgehead atoms. The molecule has 7 heteroatoms. The van der Waals surface area contributed by atoms with Crippen molar-refractivity contribution in [1.29, 1.82) is 0 Å². The summed E-state index contributed by atoms with van der Waals surface area (Å²) >= 11 is 1.67. The second kappa shape index (κ2) is 7.43. The highest BCUT2D eigenvalue weighted by Gasteiger charge is 2.18. The lowest BCUT2D eigenvalue weighted by Crippen LogP contribution is -2.47. The molecular formula is C16H19N3O3S. The number of thiazole rings is 1. The lowest BCUT2D eigenvalue weighted by molar-refractivity contribution is 0.0691. The van der Waals surface area contributed by atoms with Crippen LogP contribution in [0.5, 0.6) is 5.75 Å². The van der Waals surface area contributed by atoms with Gasteiger partial charge >= 0.3 is 5.97 Å². The molecular weight excluding hydrogens is 314 g/mol. The molecule has 2 heterocycles. The van der Waals surface area contributed by atoms with Crippen molar-refractivity contribution in [1.82, 2.24) is 9.88 Å². The zero-order chi connectivity index (χ0) is 16.1. The maximum atomic E-state index is 11.1. The van der Waals surface area contributed by atoms with Gasteiger partial charge in [0.1, 0.15) is 17.9 Å². The van der Waals surface area contributed by atoms with E-state index in [4.69, 9.17) is 9.84 Å². The molecule has 0 amide bonds. The van der Waals surface area contributed by atoms with E-state index in [1.807, 2.05) is 11.6 Å². The molecule has 23 heavy (non-hydrogen) atoms. The van der Waals surface area contributed by atoms with Crippen molar-refractivity contribution in [2.45, 2.75) is 0 Å². The molecule has 0 spiro atoms. The van der Waals surface area contributed by atoms with E-state index in [0.29, 0.717) is 12.4 Å². The maximum absolute atomic E-state index is 11.1. The molecule has 0 radical (unpaired) electrons. The Morgan fingerprint density at radius 1 is 1.26 bits per heavy atom.